The summed E-state index contributed by atoms with van der Waals surface area (Å²) in [7, 11) is 0. The predicted molar refractivity (Wildman–Crippen MR) is 108 cm³/mol. The summed E-state index contributed by atoms with van der Waals surface area (Å²) in [5.74, 6) is 0.555. The van der Waals surface area contributed by atoms with Crippen molar-refractivity contribution in [2.45, 2.75) is 32.1 Å². The Morgan fingerprint density at radius 1 is 0.680 bits per heavy atom. The highest BCUT2D eigenvalue weighted by Gasteiger charge is 2.08. The van der Waals surface area contributed by atoms with Crippen LogP contribution in [0.4, 0.5) is 5.69 Å². The Hall–Kier alpha value is -2.54. The first kappa shape index (κ1) is 17.3. The molecule has 1 unspecified atom stereocenters. The molecule has 0 fully saturated rings. The molecular formula is C24H27N. The molecule has 0 radical (unpaired) electrons. The van der Waals surface area contributed by atoms with Gasteiger partial charge >= 0.3 is 0 Å². The second-order valence-corrected chi connectivity index (χ2v) is 6.58. The predicted octanol–water partition coefficient (Wildman–Crippen LogP) is 6.08. The second-order valence-electron chi connectivity index (χ2n) is 6.58. The highest BCUT2D eigenvalue weighted by Crippen LogP contribution is 2.20. The first-order valence-corrected chi connectivity index (χ1v) is 9.27. The van der Waals surface area contributed by atoms with E-state index in [0.717, 1.165) is 25.8 Å². The van der Waals surface area contributed by atoms with Gasteiger partial charge in [0.2, 0.25) is 0 Å². The quantitative estimate of drug-likeness (QED) is 0.528. The smallest absolute Gasteiger partial charge is 0.0340 e. The van der Waals surface area contributed by atoms with Crippen molar-refractivity contribution in [2.75, 3.05) is 11.9 Å². The zero-order chi connectivity index (χ0) is 17.3. The van der Waals surface area contributed by atoms with E-state index < -0.39 is 0 Å². The van der Waals surface area contributed by atoms with Crippen LogP contribution < -0.4 is 5.32 Å². The number of nitrogens with one attached hydrogen (secondary N) is 1. The highest BCUT2D eigenvalue weighted by molar-refractivity contribution is 5.45. The Morgan fingerprint density at radius 3 is 1.84 bits per heavy atom. The molecule has 3 rings (SSSR count). The summed E-state index contributed by atoms with van der Waals surface area (Å²) in [6.45, 7) is 3.23. The van der Waals surface area contributed by atoms with Crippen molar-refractivity contribution in [3.8, 4) is 0 Å². The Labute approximate surface area is 151 Å². The first-order valence-electron chi connectivity index (χ1n) is 9.27. The lowest BCUT2D eigenvalue weighted by Gasteiger charge is -2.17. The lowest BCUT2D eigenvalue weighted by atomic mass is 9.96. The third-order valence-electron chi connectivity index (χ3n) is 4.82. The molecule has 128 valence electrons. The van der Waals surface area contributed by atoms with Gasteiger partial charge in [0.05, 0.1) is 0 Å². The molecule has 1 atom stereocenters. The molecule has 3 aromatic rings. The molecule has 0 amide bonds. The monoisotopic (exact) mass is 329 g/mol. The largest absolute Gasteiger partial charge is 0.384 e. The zero-order valence-electron chi connectivity index (χ0n) is 15.0. The third kappa shape index (κ3) is 5.22. The number of hydrogen-bond acceptors (Lipinski definition) is 1. The van der Waals surface area contributed by atoms with Gasteiger partial charge in [0, 0.05) is 18.2 Å². The molecule has 0 saturated carbocycles. The van der Waals surface area contributed by atoms with E-state index in [9.17, 15) is 0 Å². The van der Waals surface area contributed by atoms with Gasteiger partial charge in [0.25, 0.3) is 0 Å². The molecule has 0 aliphatic carbocycles. The lowest BCUT2D eigenvalue weighted by Crippen LogP contribution is -2.12. The summed E-state index contributed by atoms with van der Waals surface area (Å²) in [5, 5.41) is 3.60. The molecule has 1 nitrogen and oxygen atoms in total. The van der Waals surface area contributed by atoms with Crippen molar-refractivity contribution < 1.29 is 0 Å². The fourth-order valence-corrected chi connectivity index (χ4v) is 3.19. The molecule has 1 N–H and O–H groups in total. The number of hydrogen-bond donors (Lipinski definition) is 1. The van der Waals surface area contributed by atoms with Crippen LogP contribution in [-0.2, 0) is 12.8 Å². The van der Waals surface area contributed by atoms with E-state index in [4.69, 9.17) is 0 Å². The van der Waals surface area contributed by atoms with Crippen LogP contribution in [0.5, 0.6) is 0 Å². The van der Waals surface area contributed by atoms with Gasteiger partial charge in [-0.2, -0.15) is 0 Å². The maximum absolute atomic E-state index is 3.60. The molecule has 3 aromatic carbocycles. The number of rotatable bonds is 8. The summed E-state index contributed by atoms with van der Waals surface area (Å²) in [6, 6.07) is 30.4. The SMILES string of the molecule is CCC(CNc1ccc(CCc2ccccc2)cc1)c1ccccc1. The highest BCUT2D eigenvalue weighted by atomic mass is 14.9. The zero-order valence-corrected chi connectivity index (χ0v) is 15.0. The number of anilines is 1. The van der Waals surface area contributed by atoms with E-state index in [1.807, 2.05) is 0 Å². The van der Waals surface area contributed by atoms with Crippen LogP contribution in [0, 0.1) is 0 Å². The first-order chi connectivity index (χ1) is 12.3. The molecule has 0 bridgehead atoms. The van der Waals surface area contributed by atoms with Gasteiger partial charge in [-0.05, 0) is 48.1 Å². The molecule has 0 aromatic heterocycles. The normalized spacial score (nSPS) is 11.9. The Morgan fingerprint density at radius 2 is 1.24 bits per heavy atom. The van der Waals surface area contributed by atoms with Gasteiger partial charge in [0.15, 0.2) is 0 Å². The maximum Gasteiger partial charge on any atom is 0.0340 e. The molecule has 0 aliphatic heterocycles. The Balaban J connectivity index is 1.52. The lowest BCUT2D eigenvalue weighted by molar-refractivity contribution is 0.695. The van der Waals surface area contributed by atoms with E-state index in [1.165, 1.54) is 22.4 Å². The van der Waals surface area contributed by atoms with Crippen molar-refractivity contribution in [1.29, 1.82) is 0 Å². The number of benzene rings is 3. The van der Waals surface area contributed by atoms with E-state index in [1.54, 1.807) is 0 Å². The molecule has 0 spiro atoms. The summed E-state index contributed by atoms with van der Waals surface area (Å²) >= 11 is 0. The summed E-state index contributed by atoms with van der Waals surface area (Å²) < 4.78 is 0. The molecule has 25 heavy (non-hydrogen) atoms. The van der Waals surface area contributed by atoms with E-state index in [0.29, 0.717) is 5.92 Å². The van der Waals surface area contributed by atoms with Crippen LogP contribution >= 0.6 is 0 Å². The van der Waals surface area contributed by atoms with Crippen LogP contribution in [0.2, 0.25) is 0 Å². The van der Waals surface area contributed by atoms with Crippen molar-refractivity contribution >= 4 is 5.69 Å². The second kappa shape index (κ2) is 9.08. The fourth-order valence-electron chi connectivity index (χ4n) is 3.19. The van der Waals surface area contributed by atoms with Crippen LogP contribution in [0.3, 0.4) is 0 Å². The molecule has 0 saturated heterocycles. The van der Waals surface area contributed by atoms with Crippen LogP contribution in [0.15, 0.2) is 84.9 Å². The standard InChI is InChI=1S/C24H27N/c1-2-22(23-11-7-4-8-12-23)19-25-24-17-15-21(16-18-24)14-13-20-9-5-3-6-10-20/h3-12,15-18,22,25H,2,13-14,19H2,1H3. The Kier molecular flexibility index (Phi) is 6.28. The minimum absolute atomic E-state index is 0.555. The van der Waals surface area contributed by atoms with Crippen molar-refractivity contribution in [3.63, 3.8) is 0 Å². The molecule has 0 heterocycles. The van der Waals surface area contributed by atoms with Gasteiger partial charge in [0.1, 0.15) is 0 Å². The summed E-state index contributed by atoms with van der Waals surface area (Å²) in [4.78, 5) is 0. The van der Waals surface area contributed by atoms with Crippen molar-refractivity contribution in [3.05, 3.63) is 102 Å². The van der Waals surface area contributed by atoms with Crippen molar-refractivity contribution in [2.24, 2.45) is 0 Å². The topological polar surface area (TPSA) is 12.0 Å². The fraction of sp³-hybridized carbons (Fsp3) is 0.250. The maximum atomic E-state index is 3.60. The van der Waals surface area contributed by atoms with Crippen LogP contribution in [0.25, 0.3) is 0 Å². The molecule has 0 aliphatic rings. The van der Waals surface area contributed by atoms with Crippen LogP contribution in [-0.4, -0.2) is 6.54 Å². The van der Waals surface area contributed by atoms with Gasteiger partial charge in [-0.15, -0.1) is 0 Å². The average molecular weight is 329 g/mol. The van der Waals surface area contributed by atoms with Crippen molar-refractivity contribution in [1.82, 2.24) is 0 Å². The minimum Gasteiger partial charge on any atom is -0.384 e. The van der Waals surface area contributed by atoms with Gasteiger partial charge < -0.3 is 5.32 Å². The van der Waals surface area contributed by atoms with E-state index in [2.05, 4.69) is 97.2 Å². The molecular weight excluding hydrogens is 302 g/mol. The molecule has 1 heteroatoms. The third-order valence-corrected chi connectivity index (χ3v) is 4.82. The summed E-state index contributed by atoms with van der Waals surface area (Å²) in [5.41, 5.74) is 5.41. The minimum atomic E-state index is 0.555. The Bertz CT molecular complexity index is 732. The summed E-state index contributed by atoms with van der Waals surface area (Å²) in [6.07, 6.45) is 3.33. The van der Waals surface area contributed by atoms with Gasteiger partial charge in [-0.25, -0.2) is 0 Å². The van der Waals surface area contributed by atoms with E-state index in [-0.39, 0.29) is 0 Å². The van der Waals surface area contributed by atoms with Gasteiger partial charge in [-0.1, -0.05) is 79.7 Å². The van der Waals surface area contributed by atoms with E-state index >= 15 is 0 Å². The van der Waals surface area contributed by atoms with Gasteiger partial charge in [-0.3, -0.25) is 0 Å². The average Bonchev–Trinajstić information content (AvgIpc) is 2.69. The van der Waals surface area contributed by atoms with Crippen LogP contribution in [0.1, 0.15) is 36.0 Å². The number of aryl methyl sites for hydroxylation is 2.